The monoisotopic (exact) mass is 254 g/mol. The molecule has 2 rings (SSSR count). The number of nitrogens with zero attached hydrogens (tertiary/aromatic N) is 1. The summed E-state index contributed by atoms with van der Waals surface area (Å²) in [6, 6.07) is 0.629. The first-order valence-electron chi connectivity index (χ1n) is 7.79. The normalized spacial score (nSPS) is 35.8. The van der Waals surface area contributed by atoms with Crippen LogP contribution >= 0.6 is 0 Å². The maximum absolute atomic E-state index is 10.1. The summed E-state index contributed by atoms with van der Waals surface area (Å²) >= 11 is 0. The van der Waals surface area contributed by atoms with Crippen molar-refractivity contribution in [1.29, 1.82) is 0 Å². The summed E-state index contributed by atoms with van der Waals surface area (Å²) in [6.07, 6.45) is 6.30. The molecule has 0 aromatic rings. The Morgan fingerprint density at radius 2 is 1.89 bits per heavy atom. The van der Waals surface area contributed by atoms with E-state index in [0.717, 1.165) is 24.9 Å². The van der Waals surface area contributed by atoms with Gasteiger partial charge < -0.3 is 15.3 Å². The molecule has 0 radical (unpaired) electrons. The molecule has 1 heterocycles. The summed E-state index contributed by atoms with van der Waals surface area (Å²) in [6.45, 7) is 8.69. The minimum atomic E-state index is -0.197. The molecule has 1 aliphatic carbocycles. The molecule has 0 amide bonds. The highest BCUT2D eigenvalue weighted by Gasteiger charge is 2.24. The van der Waals surface area contributed by atoms with Gasteiger partial charge in [-0.25, -0.2) is 0 Å². The second-order valence-electron chi connectivity index (χ2n) is 6.53. The van der Waals surface area contributed by atoms with Gasteiger partial charge in [0.2, 0.25) is 0 Å². The molecule has 1 saturated heterocycles. The lowest BCUT2D eigenvalue weighted by atomic mass is 9.79. The van der Waals surface area contributed by atoms with Gasteiger partial charge in [0.15, 0.2) is 0 Å². The molecule has 0 spiro atoms. The number of hydrogen-bond acceptors (Lipinski definition) is 3. The fourth-order valence-corrected chi connectivity index (χ4v) is 3.36. The Kier molecular flexibility index (Phi) is 5.46. The Bertz CT molecular complexity index is 241. The molecule has 1 saturated carbocycles. The summed E-state index contributed by atoms with van der Waals surface area (Å²) in [5.74, 6) is 1.70. The van der Waals surface area contributed by atoms with Crippen LogP contribution in [0.2, 0.25) is 0 Å². The summed E-state index contributed by atoms with van der Waals surface area (Å²) < 4.78 is 0. The van der Waals surface area contributed by atoms with Crippen LogP contribution in [0.4, 0.5) is 0 Å². The van der Waals surface area contributed by atoms with Crippen LogP contribution in [0.3, 0.4) is 0 Å². The van der Waals surface area contributed by atoms with Crippen molar-refractivity contribution in [2.75, 3.05) is 26.2 Å². The summed E-state index contributed by atoms with van der Waals surface area (Å²) in [4.78, 5) is 2.39. The van der Waals surface area contributed by atoms with Crippen molar-refractivity contribution in [3.8, 4) is 0 Å². The molecule has 4 unspecified atom stereocenters. The second-order valence-corrected chi connectivity index (χ2v) is 6.53. The highest BCUT2D eigenvalue weighted by molar-refractivity contribution is 4.81. The Hall–Kier alpha value is -0.120. The molecule has 0 aromatic heterocycles. The Balaban J connectivity index is 1.61. The number of aliphatic hydroxyl groups is 1. The minimum absolute atomic E-state index is 0.197. The van der Waals surface area contributed by atoms with E-state index in [4.69, 9.17) is 0 Å². The van der Waals surface area contributed by atoms with Crippen molar-refractivity contribution in [2.45, 2.75) is 58.1 Å². The van der Waals surface area contributed by atoms with Crippen LogP contribution in [0, 0.1) is 11.8 Å². The number of rotatable bonds is 5. The zero-order chi connectivity index (χ0) is 13.0. The molecular formula is C15H30N2O. The van der Waals surface area contributed by atoms with Gasteiger partial charge in [-0.15, -0.1) is 0 Å². The van der Waals surface area contributed by atoms with Crippen LogP contribution in [0.5, 0.6) is 0 Å². The lowest BCUT2D eigenvalue weighted by Gasteiger charge is -2.33. The maximum Gasteiger partial charge on any atom is 0.0791 e. The number of likely N-dealkylation sites (tertiary alicyclic amines) is 1. The van der Waals surface area contributed by atoms with Crippen molar-refractivity contribution < 1.29 is 5.11 Å². The standard InChI is InChI=1S/C15H30N2O/c1-12-5-6-14(9-13(12)2)16-10-15(18)11-17-7-3-4-8-17/h12-16,18H,3-11H2,1-2H3. The molecule has 3 heteroatoms. The van der Waals surface area contributed by atoms with E-state index in [0.29, 0.717) is 6.04 Å². The molecule has 2 aliphatic rings. The predicted octanol–water partition coefficient (Wildman–Crippen LogP) is 1.86. The van der Waals surface area contributed by atoms with Gasteiger partial charge in [-0.3, -0.25) is 0 Å². The fourth-order valence-electron chi connectivity index (χ4n) is 3.36. The van der Waals surface area contributed by atoms with E-state index < -0.39 is 0 Å². The summed E-state index contributed by atoms with van der Waals surface area (Å²) in [5, 5.41) is 13.6. The Morgan fingerprint density at radius 1 is 1.17 bits per heavy atom. The van der Waals surface area contributed by atoms with Crippen molar-refractivity contribution in [1.82, 2.24) is 10.2 Å². The van der Waals surface area contributed by atoms with E-state index in [2.05, 4.69) is 24.1 Å². The third-order valence-corrected chi connectivity index (χ3v) is 4.91. The third-order valence-electron chi connectivity index (χ3n) is 4.91. The van der Waals surface area contributed by atoms with E-state index in [-0.39, 0.29) is 6.10 Å². The molecular weight excluding hydrogens is 224 g/mol. The lowest BCUT2D eigenvalue weighted by molar-refractivity contribution is 0.114. The van der Waals surface area contributed by atoms with E-state index in [1.54, 1.807) is 0 Å². The largest absolute Gasteiger partial charge is 0.390 e. The SMILES string of the molecule is CC1CCC(NCC(O)CN2CCCC2)CC1C. The Labute approximate surface area is 112 Å². The van der Waals surface area contributed by atoms with Gasteiger partial charge in [-0.2, -0.15) is 0 Å². The van der Waals surface area contributed by atoms with Gasteiger partial charge in [-0.1, -0.05) is 13.8 Å². The number of nitrogens with one attached hydrogen (secondary N) is 1. The van der Waals surface area contributed by atoms with Crippen molar-refractivity contribution in [3.05, 3.63) is 0 Å². The van der Waals surface area contributed by atoms with Crippen LogP contribution in [-0.2, 0) is 0 Å². The van der Waals surface area contributed by atoms with Crippen molar-refractivity contribution in [3.63, 3.8) is 0 Å². The fraction of sp³-hybridized carbons (Fsp3) is 1.00. The van der Waals surface area contributed by atoms with E-state index in [1.165, 1.54) is 45.2 Å². The highest BCUT2D eigenvalue weighted by Crippen LogP contribution is 2.29. The second kappa shape index (κ2) is 6.88. The Morgan fingerprint density at radius 3 is 2.56 bits per heavy atom. The predicted molar refractivity (Wildman–Crippen MR) is 75.7 cm³/mol. The van der Waals surface area contributed by atoms with Crippen LogP contribution in [0.15, 0.2) is 0 Å². The minimum Gasteiger partial charge on any atom is -0.390 e. The van der Waals surface area contributed by atoms with E-state index in [1.807, 2.05) is 0 Å². The molecule has 18 heavy (non-hydrogen) atoms. The molecule has 0 bridgehead atoms. The molecule has 3 nitrogen and oxygen atoms in total. The highest BCUT2D eigenvalue weighted by atomic mass is 16.3. The van der Waals surface area contributed by atoms with Crippen molar-refractivity contribution >= 4 is 0 Å². The number of β-amino-alcohol motifs (C(OH)–C–C–N with tert-alkyl or cyclic N) is 1. The van der Waals surface area contributed by atoms with Gasteiger partial charge >= 0.3 is 0 Å². The van der Waals surface area contributed by atoms with Gasteiger partial charge in [0.05, 0.1) is 6.10 Å². The topological polar surface area (TPSA) is 35.5 Å². The smallest absolute Gasteiger partial charge is 0.0791 e. The first kappa shape index (κ1) is 14.3. The number of hydrogen-bond donors (Lipinski definition) is 2. The maximum atomic E-state index is 10.1. The molecule has 4 atom stereocenters. The first-order chi connectivity index (χ1) is 8.65. The summed E-state index contributed by atoms with van der Waals surface area (Å²) in [7, 11) is 0. The average molecular weight is 254 g/mol. The van der Waals surface area contributed by atoms with Crippen LogP contribution in [0.25, 0.3) is 0 Å². The van der Waals surface area contributed by atoms with Gasteiger partial charge in [0.1, 0.15) is 0 Å². The number of aliphatic hydroxyl groups excluding tert-OH is 1. The molecule has 106 valence electrons. The molecule has 2 fully saturated rings. The zero-order valence-corrected chi connectivity index (χ0v) is 12.1. The first-order valence-corrected chi connectivity index (χ1v) is 7.79. The van der Waals surface area contributed by atoms with Gasteiger partial charge in [0, 0.05) is 19.1 Å². The van der Waals surface area contributed by atoms with E-state index >= 15 is 0 Å². The molecule has 0 aromatic carbocycles. The molecule has 1 aliphatic heterocycles. The third kappa shape index (κ3) is 4.22. The van der Waals surface area contributed by atoms with Crippen LogP contribution in [-0.4, -0.2) is 48.3 Å². The molecule has 2 N–H and O–H groups in total. The van der Waals surface area contributed by atoms with Crippen LogP contribution in [0.1, 0.15) is 46.0 Å². The van der Waals surface area contributed by atoms with E-state index in [9.17, 15) is 5.11 Å². The lowest BCUT2D eigenvalue weighted by Crippen LogP contribution is -2.43. The van der Waals surface area contributed by atoms with Gasteiger partial charge in [-0.05, 0) is 57.0 Å². The average Bonchev–Trinajstić information content (AvgIpc) is 2.83. The zero-order valence-electron chi connectivity index (χ0n) is 12.1. The van der Waals surface area contributed by atoms with Gasteiger partial charge in [0.25, 0.3) is 0 Å². The quantitative estimate of drug-likeness (QED) is 0.786. The van der Waals surface area contributed by atoms with Crippen LogP contribution < -0.4 is 5.32 Å². The van der Waals surface area contributed by atoms with Crippen molar-refractivity contribution in [2.24, 2.45) is 11.8 Å². The summed E-state index contributed by atoms with van der Waals surface area (Å²) in [5.41, 5.74) is 0.